The largest absolute Gasteiger partial charge is 0.491 e. The lowest BCUT2D eigenvalue weighted by atomic mass is 9.97. The first-order valence-electron chi connectivity index (χ1n) is 14.9. The Labute approximate surface area is 285 Å². The Balaban J connectivity index is 1.55. The molecule has 0 aromatic heterocycles. The lowest BCUT2D eigenvalue weighted by Gasteiger charge is -2.27. The Kier molecular flexibility index (Phi) is 12.6. The van der Waals surface area contributed by atoms with Crippen LogP contribution < -0.4 is 21.5 Å². The minimum atomic E-state index is -5.13. The smallest absolute Gasteiger partial charge is 0.420 e. The fourth-order valence-electron chi connectivity index (χ4n) is 4.95. The molecular formula is C35H33Cl2F3N4O4. The van der Waals surface area contributed by atoms with E-state index in [1.807, 2.05) is 36.4 Å². The van der Waals surface area contributed by atoms with Gasteiger partial charge in [0.1, 0.15) is 5.75 Å². The Bertz CT molecular complexity index is 1750. The average molecular weight is 702 g/mol. The predicted molar refractivity (Wildman–Crippen MR) is 179 cm³/mol. The van der Waals surface area contributed by atoms with E-state index >= 15 is 0 Å². The molecule has 4 aromatic carbocycles. The Hall–Kier alpha value is -4.42. The third-order valence-electron chi connectivity index (χ3n) is 7.33. The molecule has 2 amide bonds. The molecule has 4 rings (SSSR count). The molecule has 13 heteroatoms. The first-order valence-corrected chi connectivity index (χ1v) is 15.6. The van der Waals surface area contributed by atoms with E-state index in [2.05, 4.69) is 10.1 Å². The van der Waals surface area contributed by atoms with Crippen molar-refractivity contribution in [3.63, 3.8) is 0 Å². The Morgan fingerprint density at radius 2 is 1.62 bits per heavy atom. The zero-order valence-electron chi connectivity index (χ0n) is 25.6. The highest BCUT2D eigenvalue weighted by atomic mass is 35.5. The third kappa shape index (κ3) is 10.0. The van der Waals surface area contributed by atoms with Gasteiger partial charge in [0.25, 0.3) is 5.91 Å². The normalized spacial score (nSPS) is 11.9. The van der Waals surface area contributed by atoms with Crippen molar-refractivity contribution in [2.75, 3.05) is 19.6 Å². The average Bonchev–Trinajstić information content (AvgIpc) is 3.06. The van der Waals surface area contributed by atoms with Crippen LogP contribution in [-0.2, 0) is 29.0 Å². The number of nitrogens with one attached hydrogen (secondary N) is 1. The van der Waals surface area contributed by atoms with Gasteiger partial charge in [0.2, 0.25) is 5.91 Å². The van der Waals surface area contributed by atoms with Gasteiger partial charge in [0.05, 0.1) is 6.04 Å². The number of hydrogen-bond acceptors (Lipinski definition) is 6. The van der Waals surface area contributed by atoms with Gasteiger partial charge in [-0.15, -0.1) is 0 Å². The quantitative estimate of drug-likeness (QED) is 0.117. The summed E-state index contributed by atoms with van der Waals surface area (Å²) >= 11 is 12.5. The summed E-state index contributed by atoms with van der Waals surface area (Å²) in [5.41, 5.74) is 16.0. The number of halogens is 5. The second kappa shape index (κ2) is 16.6. The molecule has 0 aliphatic heterocycles. The van der Waals surface area contributed by atoms with Gasteiger partial charge in [-0.05, 0) is 77.1 Å². The van der Waals surface area contributed by atoms with Crippen molar-refractivity contribution in [3.8, 4) is 16.9 Å². The van der Waals surface area contributed by atoms with Crippen molar-refractivity contribution in [1.29, 1.82) is 0 Å². The number of benzene rings is 4. The monoisotopic (exact) mass is 700 g/mol. The first kappa shape index (κ1) is 36.4. The molecule has 0 radical (unpaired) electrons. The van der Waals surface area contributed by atoms with Crippen LogP contribution in [0.2, 0.25) is 10.0 Å². The zero-order chi connectivity index (χ0) is 34.8. The van der Waals surface area contributed by atoms with Crippen molar-refractivity contribution < 1.29 is 32.3 Å². The van der Waals surface area contributed by atoms with Crippen LogP contribution in [-0.4, -0.2) is 54.5 Å². The molecule has 0 bridgehead atoms. The van der Waals surface area contributed by atoms with E-state index < -0.39 is 18.2 Å². The molecule has 1 atom stereocenters. The molecule has 48 heavy (non-hydrogen) atoms. The second-order valence-corrected chi connectivity index (χ2v) is 11.7. The molecule has 252 valence electrons. The highest BCUT2D eigenvalue weighted by molar-refractivity contribution is 6.35. The Morgan fingerprint density at radius 3 is 2.31 bits per heavy atom. The number of carbonyl (C=O) groups is 3. The minimum Gasteiger partial charge on any atom is -0.420 e. The van der Waals surface area contributed by atoms with E-state index in [1.54, 1.807) is 35.2 Å². The number of ether oxygens (including phenoxy) is 1. The standard InChI is InChI=1S/C35H33Cl2F3N4O4/c36-26-11-10-24(30(37)20-26)14-17-44(33(46)31(42)19-22-8-12-27(13-9-22)48-34(47)35(38,39)40)21-23-4-3-5-25(18-23)28-6-1-2-7-29(28)32(45)43-16-15-41/h1-13,18,20,31H,14-17,19,21,41-42H2,(H,43,45)/t31-/m0/s1. The van der Waals surface area contributed by atoms with Gasteiger partial charge < -0.3 is 26.4 Å². The van der Waals surface area contributed by atoms with Gasteiger partial charge in [0.15, 0.2) is 0 Å². The molecular weight excluding hydrogens is 668 g/mol. The number of amides is 2. The summed E-state index contributed by atoms with van der Waals surface area (Å²) in [6, 6.07) is 24.0. The van der Waals surface area contributed by atoms with Gasteiger partial charge in [-0.2, -0.15) is 13.2 Å². The van der Waals surface area contributed by atoms with E-state index in [-0.39, 0.29) is 37.1 Å². The molecule has 5 N–H and O–H groups in total. The third-order valence-corrected chi connectivity index (χ3v) is 7.92. The predicted octanol–water partition coefficient (Wildman–Crippen LogP) is 5.96. The molecule has 0 unspecified atom stereocenters. The van der Waals surface area contributed by atoms with Crippen molar-refractivity contribution >= 4 is 41.0 Å². The number of hydrogen-bond donors (Lipinski definition) is 3. The summed E-state index contributed by atoms with van der Waals surface area (Å²) in [7, 11) is 0. The number of alkyl halides is 3. The molecule has 0 saturated heterocycles. The molecule has 8 nitrogen and oxygen atoms in total. The van der Waals surface area contributed by atoms with Gasteiger partial charge in [-0.25, -0.2) is 4.79 Å². The summed E-state index contributed by atoms with van der Waals surface area (Å²) in [5.74, 6) is -3.25. The lowest BCUT2D eigenvalue weighted by Crippen LogP contribution is -2.45. The topological polar surface area (TPSA) is 128 Å². The van der Waals surface area contributed by atoms with Crippen molar-refractivity contribution in [2.24, 2.45) is 11.5 Å². The highest BCUT2D eigenvalue weighted by Gasteiger charge is 2.41. The summed E-state index contributed by atoms with van der Waals surface area (Å²) in [6.45, 7) is 1.07. The molecule has 0 aliphatic rings. The number of nitrogens with zero attached hydrogens (tertiary/aromatic N) is 1. The van der Waals surface area contributed by atoms with Gasteiger partial charge in [-0.1, -0.05) is 77.8 Å². The van der Waals surface area contributed by atoms with E-state index in [1.165, 1.54) is 24.3 Å². The first-order chi connectivity index (χ1) is 22.8. The van der Waals surface area contributed by atoms with E-state index in [9.17, 15) is 27.6 Å². The zero-order valence-corrected chi connectivity index (χ0v) is 27.1. The number of esters is 1. The number of rotatable bonds is 13. The van der Waals surface area contributed by atoms with Crippen LogP contribution >= 0.6 is 23.2 Å². The summed E-state index contributed by atoms with van der Waals surface area (Å²) in [4.78, 5) is 39.4. The maximum absolute atomic E-state index is 13.8. The van der Waals surface area contributed by atoms with Gasteiger partial charge in [-0.3, -0.25) is 9.59 Å². The van der Waals surface area contributed by atoms with Gasteiger partial charge in [0, 0.05) is 41.8 Å². The minimum absolute atomic E-state index is 0.0653. The molecule has 0 heterocycles. The van der Waals surface area contributed by atoms with Crippen molar-refractivity contribution in [2.45, 2.75) is 31.6 Å². The second-order valence-electron chi connectivity index (χ2n) is 10.9. The van der Waals surface area contributed by atoms with Gasteiger partial charge >= 0.3 is 12.1 Å². The van der Waals surface area contributed by atoms with Crippen LogP contribution in [0.1, 0.15) is 27.0 Å². The van der Waals surface area contributed by atoms with E-state index in [0.29, 0.717) is 46.2 Å². The van der Waals surface area contributed by atoms with Crippen LogP contribution in [0, 0.1) is 0 Å². The van der Waals surface area contributed by atoms with Crippen LogP contribution in [0.5, 0.6) is 5.75 Å². The van der Waals surface area contributed by atoms with Crippen LogP contribution in [0.15, 0.2) is 91.0 Å². The van der Waals surface area contributed by atoms with Crippen LogP contribution in [0.25, 0.3) is 11.1 Å². The van der Waals surface area contributed by atoms with Crippen LogP contribution in [0.4, 0.5) is 13.2 Å². The fourth-order valence-corrected chi connectivity index (χ4v) is 5.46. The number of carbonyl (C=O) groups excluding carboxylic acids is 3. The van der Waals surface area contributed by atoms with Crippen molar-refractivity contribution in [1.82, 2.24) is 10.2 Å². The maximum Gasteiger partial charge on any atom is 0.491 e. The molecule has 0 fully saturated rings. The molecule has 0 aliphatic carbocycles. The fraction of sp³-hybridized carbons (Fsp3) is 0.229. The van der Waals surface area contributed by atoms with E-state index in [4.69, 9.17) is 34.7 Å². The Morgan fingerprint density at radius 1 is 0.896 bits per heavy atom. The SMILES string of the molecule is NCCNC(=O)c1ccccc1-c1cccc(CN(CCc2ccc(Cl)cc2Cl)C(=O)[C@@H](N)Cc2ccc(OC(=O)C(F)(F)F)cc2)c1. The summed E-state index contributed by atoms with van der Waals surface area (Å²) < 4.78 is 42.0. The lowest BCUT2D eigenvalue weighted by molar-refractivity contribution is -0.189. The van der Waals surface area contributed by atoms with E-state index in [0.717, 1.165) is 16.7 Å². The molecule has 4 aromatic rings. The molecule has 0 saturated carbocycles. The number of nitrogens with two attached hydrogens (primary N) is 2. The molecule has 0 spiro atoms. The van der Waals surface area contributed by atoms with Crippen molar-refractivity contribution in [3.05, 3.63) is 123 Å². The summed E-state index contributed by atoms with van der Waals surface area (Å²) in [5, 5.41) is 3.73. The van der Waals surface area contributed by atoms with Crippen LogP contribution in [0.3, 0.4) is 0 Å². The maximum atomic E-state index is 13.8. The highest BCUT2D eigenvalue weighted by Crippen LogP contribution is 2.27. The summed E-state index contributed by atoms with van der Waals surface area (Å²) in [6.07, 6.45) is -4.66.